The van der Waals surface area contributed by atoms with Gasteiger partial charge in [0.2, 0.25) is 5.91 Å². The molecule has 1 aromatic heterocycles. The molecule has 3 aromatic rings. The molecule has 2 heterocycles. The number of alkyl halides is 1. The first kappa shape index (κ1) is 16.0. The largest absolute Gasteiger partial charge is 0.497 e. The second kappa shape index (κ2) is 6.45. The number of aromatic nitrogens is 1. The third kappa shape index (κ3) is 2.76. The minimum Gasteiger partial charge on any atom is -0.497 e. The average Bonchev–Trinajstić information content (AvgIpc) is 3.14. The predicted octanol–water partition coefficient (Wildman–Crippen LogP) is 3.89. The van der Waals surface area contributed by atoms with Gasteiger partial charge in [0.1, 0.15) is 11.6 Å². The second-order valence-corrected chi connectivity index (χ2v) is 6.59. The Balaban J connectivity index is 1.89. The van der Waals surface area contributed by atoms with Crippen molar-refractivity contribution >= 4 is 28.4 Å². The zero-order valence-electron chi connectivity index (χ0n) is 14.0. The van der Waals surface area contributed by atoms with Crippen LogP contribution in [0.15, 0.2) is 48.7 Å². The Morgan fingerprint density at radius 3 is 2.92 bits per heavy atom. The van der Waals surface area contributed by atoms with Gasteiger partial charge < -0.3 is 14.6 Å². The summed E-state index contributed by atoms with van der Waals surface area (Å²) in [5.74, 6) is 0.866. The number of nitrogens with one attached hydrogen (secondary N) is 1. The van der Waals surface area contributed by atoms with Crippen LogP contribution in [0.25, 0.3) is 10.9 Å². The van der Waals surface area contributed by atoms with Crippen LogP contribution in [0.3, 0.4) is 0 Å². The van der Waals surface area contributed by atoms with Gasteiger partial charge in [0.15, 0.2) is 0 Å². The number of hydrogen-bond donors (Lipinski definition) is 1. The zero-order valence-corrected chi connectivity index (χ0v) is 14.7. The Kier molecular flexibility index (Phi) is 4.14. The molecule has 0 saturated carbocycles. The molecule has 0 fully saturated rings. The van der Waals surface area contributed by atoms with E-state index in [0.717, 1.165) is 22.2 Å². The molecule has 0 bridgehead atoms. The molecule has 0 aliphatic carbocycles. The van der Waals surface area contributed by atoms with Crippen molar-refractivity contribution < 1.29 is 9.53 Å². The smallest absolute Gasteiger partial charge is 0.237 e. The van der Waals surface area contributed by atoms with Crippen LogP contribution in [0.1, 0.15) is 22.6 Å². The lowest BCUT2D eigenvalue weighted by atomic mass is 9.83. The normalized spacial score (nSPS) is 16.7. The highest BCUT2D eigenvalue weighted by Gasteiger charge is 2.30. The number of rotatable bonds is 3. The Morgan fingerprint density at radius 2 is 2.12 bits per heavy atom. The number of fused-ring (bicyclic) bond motifs is 2. The molecular formula is C20H19ClN2O2. The van der Waals surface area contributed by atoms with E-state index in [-0.39, 0.29) is 17.7 Å². The summed E-state index contributed by atoms with van der Waals surface area (Å²) in [7, 11) is 1.68. The van der Waals surface area contributed by atoms with Crippen molar-refractivity contribution in [3.05, 3.63) is 65.4 Å². The predicted molar refractivity (Wildman–Crippen MR) is 99.3 cm³/mol. The number of carbonyl (C=O) groups excluding carboxylic acids is 1. The second-order valence-electron chi connectivity index (χ2n) is 6.32. The van der Waals surface area contributed by atoms with E-state index in [1.54, 1.807) is 7.11 Å². The molecule has 4 rings (SSSR count). The van der Waals surface area contributed by atoms with E-state index in [0.29, 0.717) is 13.1 Å². The number of nitrogens with zero attached hydrogens (tertiary/aromatic N) is 1. The highest BCUT2D eigenvalue weighted by atomic mass is 35.5. The third-order valence-electron chi connectivity index (χ3n) is 4.94. The molecule has 2 aromatic carbocycles. The molecule has 1 aliphatic heterocycles. The quantitative estimate of drug-likeness (QED) is 0.725. The first-order chi connectivity index (χ1) is 12.2. The van der Waals surface area contributed by atoms with Crippen LogP contribution in [0.4, 0.5) is 0 Å². The van der Waals surface area contributed by atoms with Crippen LogP contribution in [-0.4, -0.2) is 35.3 Å². The first-order valence-electron chi connectivity index (χ1n) is 8.28. The zero-order chi connectivity index (χ0) is 17.4. The molecule has 0 spiro atoms. The lowest BCUT2D eigenvalue weighted by Gasteiger charge is -2.35. The molecule has 0 radical (unpaired) electrons. The van der Waals surface area contributed by atoms with E-state index in [2.05, 4.69) is 29.2 Å². The van der Waals surface area contributed by atoms with E-state index in [9.17, 15) is 4.79 Å². The number of ether oxygens (including phenoxy) is 1. The number of benzene rings is 2. The van der Waals surface area contributed by atoms with Crippen LogP contribution in [0.2, 0.25) is 0 Å². The van der Waals surface area contributed by atoms with Crippen molar-refractivity contribution in [1.82, 2.24) is 9.88 Å². The van der Waals surface area contributed by atoms with E-state index < -0.39 is 0 Å². The van der Waals surface area contributed by atoms with Gasteiger partial charge in [0.25, 0.3) is 0 Å². The Hall–Kier alpha value is -2.46. The van der Waals surface area contributed by atoms with Crippen LogP contribution in [0, 0.1) is 0 Å². The van der Waals surface area contributed by atoms with Gasteiger partial charge in [-0.25, -0.2) is 0 Å². The summed E-state index contributed by atoms with van der Waals surface area (Å²) in [5, 5.41) is 1.10. The topological polar surface area (TPSA) is 45.3 Å². The maximum Gasteiger partial charge on any atom is 0.237 e. The van der Waals surface area contributed by atoms with E-state index in [1.807, 2.05) is 29.3 Å². The van der Waals surface area contributed by atoms with Gasteiger partial charge in [0, 0.05) is 36.1 Å². The number of methoxy groups -OCH3 is 1. The van der Waals surface area contributed by atoms with Crippen LogP contribution < -0.4 is 4.74 Å². The van der Waals surface area contributed by atoms with Crippen molar-refractivity contribution in [1.29, 1.82) is 0 Å². The lowest BCUT2D eigenvalue weighted by molar-refractivity contribution is -0.129. The highest BCUT2D eigenvalue weighted by Crippen LogP contribution is 2.38. The van der Waals surface area contributed by atoms with E-state index >= 15 is 0 Å². The number of H-pyrrole nitrogens is 1. The summed E-state index contributed by atoms with van der Waals surface area (Å²) in [6.45, 7) is 1.22. The van der Waals surface area contributed by atoms with Gasteiger partial charge in [-0.05, 0) is 34.9 Å². The van der Waals surface area contributed by atoms with Crippen molar-refractivity contribution in [3.63, 3.8) is 0 Å². The van der Waals surface area contributed by atoms with Gasteiger partial charge in [-0.2, -0.15) is 0 Å². The molecule has 0 unspecified atom stereocenters. The Morgan fingerprint density at radius 1 is 1.28 bits per heavy atom. The van der Waals surface area contributed by atoms with E-state index in [1.165, 1.54) is 11.1 Å². The van der Waals surface area contributed by atoms with Gasteiger partial charge >= 0.3 is 0 Å². The number of aromatic amines is 1. The molecule has 5 heteroatoms. The molecule has 25 heavy (non-hydrogen) atoms. The highest BCUT2D eigenvalue weighted by molar-refractivity contribution is 6.27. The first-order valence-corrected chi connectivity index (χ1v) is 8.81. The minimum atomic E-state index is -0.0354. The van der Waals surface area contributed by atoms with Crippen molar-refractivity contribution in [2.24, 2.45) is 0 Å². The van der Waals surface area contributed by atoms with Crippen LogP contribution >= 0.6 is 11.6 Å². The number of amides is 1. The SMILES string of the molecule is COc1cc([C@@H]2CN(C(=O)CCl)Cc3ccccc32)c2[nH]ccc2c1. The summed E-state index contributed by atoms with van der Waals surface area (Å²) < 4.78 is 5.49. The van der Waals surface area contributed by atoms with Gasteiger partial charge in [0.05, 0.1) is 7.11 Å². The molecule has 1 amide bonds. The van der Waals surface area contributed by atoms with Gasteiger partial charge in [-0.3, -0.25) is 4.79 Å². The van der Waals surface area contributed by atoms with Crippen LogP contribution in [0.5, 0.6) is 5.75 Å². The van der Waals surface area contributed by atoms with Gasteiger partial charge in [-0.15, -0.1) is 11.6 Å². The molecular weight excluding hydrogens is 336 g/mol. The van der Waals surface area contributed by atoms with Gasteiger partial charge in [-0.1, -0.05) is 24.3 Å². The average molecular weight is 355 g/mol. The molecule has 128 valence electrons. The maximum atomic E-state index is 12.3. The number of carbonyl (C=O) groups is 1. The van der Waals surface area contributed by atoms with Crippen molar-refractivity contribution in [2.75, 3.05) is 19.5 Å². The number of hydrogen-bond acceptors (Lipinski definition) is 2. The fourth-order valence-corrected chi connectivity index (χ4v) is 3.88. The van der Waals surface area contributed by atoms with E-state index in [4.69, 9.17) is 16.3 Å². The fraction of sp³-hybridized carbons (Fsp3) is 0.250. The Bertz CT molecular complexity index is 934. The summed E-state index contributed by atoms with van der Waals surface area (Å²) in [5.41, 5.74) is 4.64. The monoisotopic (exact) mass is 354 g/mol. The molecule has 1 atom stereocenters. The standard InChI is InChI=1S/C20H19ClN2O2/c1-25-15-8-13-6-7-22-20(13)17(9-15)18-12-23(19(24)10-21)11-14-4-2-3-5-16(14)18/h2-9,18,22H,10-12H2,1H3/t18-/m1/s1. The minimum absolute atomic E-state index is 0.00487. The van der Waals surface area contributed by atoms with Crippen molar-refractivity contribution in [3.8, 4) is 5.75 Å². The fourth-order valence-electron chi connectivity index (χ4n) is 3.71. The Labute approximate surface area is 151 Å². The third-order valence-corrected chi connectivity index (χ3v) is 5.16. The maximum absolute atomic E-state index is 12.3. The summed E-state index contributed by atoms with van der Waals surface area (Å²) >= 11 is 5.81. The molecule has 1 N–H and O–H groups in total. The summed E-state index contributed by atoms with van der Waals surface area (Å²) in [6, 6.07) is 14.4. The molecule has 0 saturated heterocycles. The summed E-state index contributed by atoms with van der Waals surface area (Å²) in [6.07, 6.45) is 1.93. The molecule has 4 nitrogen and oxygen atoms in total. The van der Waals surface area contributed by atoms with Crippen LogP contribution in [-0.2, 0) is 11.3 Å². The lowest BCUT2D eigenvalue weighted by Crippen LogP contribution is -2.39. The number of halogens is 1. The van der Waals surface area contributed by atoms with Crippen molar-refractivity contribution in [2.45, 2.75) is 12.5 Å². The summed E-state index contributed by atoms with van der Waals surface area (Å²) in [4.78, 5) is 17.4. The molecule has 1 aliphatic rings.